The Labute approximate surface area is 116 Å². The number of thiazole rings is 1. The number of nitrogens with zero attached hydrogens (tertiary/aromatic N) is 1. The Hall–Kier alpha value is -1.06. The van der Waals surface area contributed by atoms with Crippen LogP contribution in [-0.2, 0) is 11.3 Å². The van der Waals surface area contributed by atoms with Gasteiger partial charge in [0, 0.05) is 17.5 Å². The molecule has 0 aliphatic carbocycles. The predicted molar refractivity (Wildman–Crippen MR) is 78.0 cm³/mol. The number of hydrogen-bond acceptors (Lipinski definition) is 2. The summed E-state index contributed by atoms with van der Waals surface area (Å²) in [5.74, 6) is 0.995. The summed E-state index contributed by atoms with van der Waals surface area (Å²) in [6, 6.07) is 6.03. The van der Waals surface area contributed by atoms with Crippen LogP contribution >= 0.6 is 22.9 Å². The predicted octanol–water partition coefficient (Wildman–Crippen LogP) is 4.26. The molecule has 1 aromatic heterocycles. The molecule has 1 aromatic carbocycles. The molecule has 0 atom stereocenters. The molecule has 2 rings (SSSR count). The molecule has 2 aromatic rings. The lowest BCUT2D eigenvalue weighted by atomic mass is 10.3. The van der Waals surface area contributed by atoms with Crippen molar-refractivity contribution in [2.45, 2.75) is 26.8 Å². The molecular weight excluding hydrogens is 266 g/mol. The van der Waals surface area contributed by atoms with E-state index in [1.165, 1.54) is 15.2 Å². The normalized spacial score (nSPS) is 12.1. The molecular formula is C14H17ClNOS+. The fraction of sp³-hybridized carbons (Fsp3) is 0.357. The zero-order chi connectivity index (χ0) is 13.1. The van der Waals surface area contributed by atoms with Crippen LogP contribution < -0.4 is 4.57 Å². The summed E-state index contributed by atoms with van der Waals surface area (Å²) in [6.07, 6.45) is 3.01. The highest BCUT2D eigenvalue weighted by Crippen LogP contribution is 2.25. The number of hydrogen-bond donors (Lipinski definition) is 0. The Bertz CT molecular complexity index is 583. The fourth-order valence-corrected chi connectivity index (χ4v) is 3.28. The van der Waals surface area contributed by atoms with E-state index in [2.05, 4.69) is 30.6 Å². The van der Waals surface area contributed by atoms with Crippen molar-refractivity contribution in [3.8, 4) is 0 Å². The molecule has 0 aliphatic heterocycles. The number of benzene rings is 1. The number of fused-ring (bicyclic) bond motifs is 1. The van der Waals surface area contributed by atoms with Crippen molar-refractivity contribution in [3.05, 3.63) is 34.0 Å². The molecule has 96 valence electrons. The molecule has 0 fully saturated rings. The SMILES string of the molecule is CC/C(=C\c1sc2ccc(Cl)cc2[n+]1CC)OC. The third kappa shape index (κ3) is 2.52. The van der Waals surface area contributed by atoms with E-state index >= 15 is 0 Å². The topological polar surface area (TPSA) is 13.1 Å². The Morgan fingerprint density at radius 3 is 2.83 bits per heavy atom. The quantitative estimate of drug-likeness (QED) is 0.603. The number of methoxy groups -OCH3 is 1. The largest absolute Gasteiger partial charge is 0.501 e. The molecule has 0 bridgehead atoms. The molecule has 4 heteroatoms. The molecule has 0 N–H and O–H groups in total. The average Bonchev–Trinajstić information content (AvgIpc) is 2.72. The lowest BCUT2D eigenvalue weighted by Crippen LogP contribution is -2.33. The van der Waals surface area contributed by atoms with E-state index < -0.39 is 0 Å². The van der Waals surface area contributed by atoms with Crippen molar-refractivity contribution >= 4 is 39.2 Å². The van der Waals surface area contributed by atoms with Gasteiger partial charge in [-0.25, -0.2) is 0 Å². The number of halogens is 1. The van der Waals surface area contributed by atoms with Crippen molar-refractivity contribution in [2.24, 2.45) is 0 Å². The maximum Gasteiger partial charge on any atom is 0.266 e. The molecule has 0 saturated carbocycles. The first-order chi connectivity index (χ1) is 8.69. The maximum atomic E-state index is 6.07. The third-order valence-corrected chi connectivity index (χ3v) is 4.25. The second kappa shape index (κ2) is 5.72. The fourth-order valence-electron chi connectivity index (χ4n) is 1.95. The zero-order valence-electron chi connectivity index (χ0n) is 10.9. The van der Waals surface area contributed by atoms with Crippen LogP contribution in [0.3, 0.4) is 0 Å². The molecule has 1 heterocycles. The van der Waals surface area contributed by atoms with Crippen LogP contribution in [0, 0.1) is 0 Å². The van der Waals surface area contributed by atoms with E-state index in [1.54, 1.807) is 18.4 Å². The van der Waals surface area contributed by atoms with Crippen LogP contribution in [0.1, 0.15) is 25.3 Å². The Kier molecular flexibility index (Phi) is 4.25. The van der Waals surface area contributed by atoms with E-state index in [4.69, 9.17) is 16.3 Å². The van der Waals surface area contributed by atoms with E-state index in [0.29, 0.717) is 0 Å². The maximum absolute atomic E-state index is 6.07. The van der Waals surface area contributed by atoms with Crippen molar-refractivity contribution in [2.75, 3.05) is 7.11 Å². The second-order valence-corrected chi connectivity index (χ2v) is 5.46. The van der Waals surface area contributed by atoms with Crippen LogP contribution in [-0.4, -0.2) is 7.11 Å². The molecule has 18 heavy (non-hydrogen) atoms. The van der Waals surface area contributed by atoms with E-state index in [-0.39, 0.29) is 0 Å². The summed E-state index contributed by atoms with van der Waals surface area (Å²) in [5.41, 5.74) is 1.19. The minimum atomic E-state index is 0.778. The van der Waals surface area contributed by atoms with Gasteiger partial charge in [0.25, 0.3) is 5.01 Å². The van der Waals surface area contributed by atoms with Gasteiger partial charge in [-0.2, -0.15) is 4.57 Å². The molecule has 0 saturated heterocycles. The zero-order valence-corrected chi connectivity index (χ0v) is 12.4. The molecule has 0 radical (unpaired) electrons. The number of ether oxygens (including phenoxy) is 1. The van der Waals surface area contributed by atoms with Gasteiger partial charge in [-0.1, -0.05) is 29.9 Å². The Morgan fingerprint density at radius 1 is 1.44 bits per heavy atom. The molecule has 0 amide bonds. The van der Waals surface area contributed by atoms with Crippen LogP contribution in [0.4, 0.5) is 0 Å². The first-order valence-electron chi connectivity index (χ1n) is 6.06. The number of aromatic nitrogens is 1. The average molecular weight is 283 g/mol. The summed E-state index contributed by atoms with van der Waals surface area (Å²) in [4.78, 5) is 0. The van der Waals surface area contributed by atoms with Crippen molar-refractivity contribution < 1.29 is 9.30 Å². The van der Waals surface area contributed by atoms with Crippen molar-refractivity contribution in [1.82, 2.24) is 0 Å². The first-order valence-corrected chi connectivity index (χ1v) is 7.25. The molecule has 2 nitrogen and oxygen atoms in total. The van der Waals surface area contributed by atoms with Gasteiger partial charge in [-0.05, 0) is 19.1 Å². The van der Waals surface area contributed by atoms with Gasteiger partial charge in [-0.15, -0.1) is 0 Å². The summed E-state index contributed by atoms with van der Waals surface area (Å²) in [7, 11) is 1.72. The lowest BCUT2D eigenvalue weighted by molar-refractivity contribution is -0.665. The monoisotopic (exact) mass is 282 g/mol. The van der Waals surface area contributed by atoms with Gasteiger partial charge < -0.3 is 4.74 Å². The summed E-state index contributed by atoms with van der Waals surface area (Å²) >= 11 is 7.83. The van der Waals surface area contributed by atoms with E-state index in [9.17, 15) is 0 Å². The second-order valence-electron chi connectivity index (χ2n) is 3.96. The number of aryl methyl sites for hydroxylation is 1. The number of rotatable bonds is 4. The van der Waals surface area contributed by atoms with Crippen molar-refractivity contribution in [1.29, 1.82) is 0 Å². The lowest BCUT2D eigenvalue weighted by Gasteiger charge is -1.99. The highest BCUT2D eigenvalue weighted by Gasteiger charge is 2.18. The minimum Gasteiger partial charge on any atom is -0.501 e. The molecule has 0 aliphatic rings. The van der Waals surface area contributed by atoms with Crippen LogP contribution in [0.15, 0.2) is 24.0 Å². The Balaban J connectivity index is 2.60. The van der Waals surface area contributed by atoms with Gasteiger partial charge >= 0.3 is 0 Å². The van der Waals surface area contributed by atoms with Crippen LogP contribution in [0.5, 0.6) is 0 Å². The highest BCUT2D eigenvalue weighted by atomic mass is 35.5. The van der Waals surface area contributed by atoms with Crippen LogP contribution in [0.2, 0.25) is 5.02 Å². The van der Waals surface area contributed by atoms with Gasteiger partial charge in [0.15, 0.2) is 0 Å². The molecule has 0 unspecified atom stereocenters. The van der Waals surface area contributed by atoms with E-state index in [1.807, 2.05) is 12.1 Å². The smallest absolute Gasteiger partial charge is 0.266 e. The first kappa shape index (κ1) is 13.4. The molecule has 0 spiro atoms. The summed E-state index contributed by atoms with van der Waals surface area (Å²) in [5, 5.41) is 1.98. The number of allylic oxidation sites excluding steroid dienone is 1. The Morgan fingerprint density at radius 2 is 2.22 bits per heavy atom. The minimum absolute atomic E-state index is 0.778. The standard InChI is InChI=1S/C14H17ClNOS/c1-4-11(17-3)9-14-16(5-2)12-8-10(15)6-7-13(12)18-14/h6-9H,4-5H2,1-3H3/q+1/b11-9+. The summed E-state index contributed by atoms with van der Waals surface area (Å²) in [6.45, 7) is 5.16. The summed E-state index contributed by atoms with van der Waals surface area (Å²) < 4.78 is 8.86. The van der Waals surface area contributed by atoms with Gasteiger partial charge in [0.05, 0.1) is 13.2 Å². The van der Waals surface area contributed by atoms with Gasteiger partial charge in [0.1, 0.15) is 17.0 Å². The van der Waals surface area contributed by atoms with E-state index in [0.717, 1.165) is 23.7 Å². The van der Waals surface area contributed by atoms with Crippen LogP contribution in [0.25, 0.3) is 16.3 Å². The van der Waals surface area contributed by atoms with Gasteiger partial charge in [-0.3, -0.25) is 0 Å². The van der Waals surface area contributed by atoms with Gasteiger partial charge in [0.2, 0.25) is 5.52 Å². The highest BCUT2D eigenvalue weighted by molar-refractivity contribution is 7.18. The third-order valence-electron chi connectivity index (χ3n) is 2.90. The van der Waals surface area contributed by atoms with Crippen molar-refractivity contribution in [3.63, 3.8) is 0 Å².